The minimum absolute atomic E-state index is 0.156. The van der Waals surface area contributed by atoms with E-state index >= 15 is 0 Å². The molecule has 0 atom stereocenters. The minimum atomic E-state index is -0.991. The summed E-state index contributed by atoms with van der Waals surface area (Å²) in [7, 11) is 0. The Morgan fingerprint density at radius 1 is 1.42 bits per heavy atom. The molecule has 4 nitrogen and oxygen atoms in total. The molecule has 0 unspecified atom stereocenters. The van der Waals surface area contributed by atoms with E-state index < -0.39 is 5.97 Å². The number of aliphatic carboxylic acids is 1. The van der Waals surface area contributed by atoms with Crippen LogP contribution in [0.3, 0.4) is 0 Å². The van der Waals surface area contributed by atoms with Gasteiger partial charge in [0.15, 0.2) is 0 Å². The SMILES string of the molecule is CCN(CC(=O)O)C(=O)CSCc1cccc(Cl)c1. The van der Waals surface area contributed by atoms with Crippen LogP contribution in [0.4, 0.5) is 0 Å². The number of amides is 1. The fourth-order valence-electron chi connectivity index (χ4n) is 1.51. The first kappa shape index (κ1) is 15.9. The lowest BCUT2D eigenvalue weighted by Crippen LogP contribution is -2.36. The molecule has 0 aromatic heterocycles. The first-order chi connectivity index (χ1) is 9.02. The van der Waals surface area contributed by atoms with Crippen molar-refractivity contribution in [3.8, 4) is 0 Å². The van der Waals surface area contributed by atoms with Crippen molar-refractivity contribution in [1.82, 2.24) is 4.90 Å². The van der Waals surface area contributed by atoms with Crippen LogP contribution >= 0.6 is 23.4 Å². The van der Waals surface area contributed by atoms with Gasteiger partial charge in [-0.3, -0.25) is 9.59 Å². The highest BCUT2D eigenvalue weighted by molar-refractivity contribution is 7.99. The summed E-state index contributed by atoms with van der Waals surface area (Å²) in [5.74, 6) is -0.197. The fraction of sp³-hybridized carbons (Fsp3) is 0.385. The van der Waals surface area contributed by atoms with Crippen LogP contribution in [0.2, 0.25) is 5.02 Å². The predicted octanol–water partition coefficient (Wildman–Crippen LogP) is 2.51. The second kappa shape index (κ2) is 8.07. The second-order valence-corrected chi connectivity index (χ2v) is 5.35. The predicted molar refractivity (Wildman–Crippen MR) is 77.5 cm³/mol. The van der Waals surface area contributed by atoms with Gasteiger partial charge in [0.1, 0.15) is 6.54 Å². The molecule has 0 aliphatic rings. The van der Waals surface area contributed by atoms with Crippen LogP contribution in [0.25, 0.3) is 0 Å². The summed E-state index contributed by atoms with van der Waals surface area (Å²) in [6.07, 6.45) is 0. The quantitative estimate of drug-likeness (QED) is 0.841. The number of likely N-dealkylation sites (N-methyl/N-ethyl adjacent to an activating group) is 1. The molecule has 0 saturated heterocycles. The first-order valence-electron chi connectivity index (χ1n) is 5.84. The Labute approximate surface area is 121 Å². The van der Waals surface area contributed by atoms with E-state index in [4.69, 9.17) is 16.7 Å². The number of carboxylic acids is 1. The second-order valence-electron chi connectivity index (χ2n) is 3.92. The van der Waals surface area contributed by atoms with Crippen molar-refractivity contribution in [1.29, 1.82) is 0 Å². The monoisotopic (exact) mass is 301 g/mol. The van der Waals surface area contributed by atoms with E-state index in [1.165, 1.54) is 16.7 Å². The van der Waals surface area contributed by atoms with Crippen LogP contribution in [0.5, 0.6) is 0 Å². The van der Waals surface area contributed by atoms with Crippen molar-refractivity contribution in [2.24, 2.45) is 0 Å². The van der Waals surface area contributed by atoms with Crippen LogP contribution in [0.15, 0.2) is 24.3 Å². The van der Waals surface area contributed by atoms with Gasteiger partial charge in [-0.1, -0.05) is 23.7 Å². The van der Waals surface area contributed by atoms with E-state index in [0.717, 1.165) is 5.56 Å². The van der Waals surface area contributed by atoms with Gasteiger partial charge in [-0.2, -0.15) is 0 Å². The molecular formula is C13H16ClNO3S. The molecule has 1 aromatic carbocycles. The number of thioether (sulfide) groups is 1. The summed E-state index contributed by atoms with van der Waals surface area (Å²) in [5, 5.41) is 9.35. The largest absolute Gasteiger partial charge is 0.480 e. The third-order valence-electron chi connectivity index (χ3n) is 2.44. The van der Waals surface area contributed by atoms with Crippen molar-refractivity contribution < 1.29 is 14.7 Å². The normalized spacial score (nSPS) is 10.2. The Morgan fingerprint density at radius 2 is 2.16 bits per heavy atom. The molecule has 0 bridgehead atoms. The van der Waals surface area contributed by atoms with Crippen LogP contribution in [0.1, 0.15) is 12.5 Å². The van der Waals surface area contributed by atoms with Crippen LogP contribution in [-0.4, -0.2) is 40.7 Å². The molecule has 0 aliphatic carbocycles. The molecule has 1 rings (SSSR count). The number of halogens is 1. The van der Waals surface area contributed by atoms with E-state index in [-0.39, 0.29) is 18.2 Å². The van der Waals surface area contributed by atoms with E-state index in [9.17, 15) is 9.59 Å². The molecule has 1 amide bonds. The van der Waals surface area contributed by atoms with Gasteiger partial charge in [0.25, 0.3) is 0 Å². The molecular weight excluding hydrogens is 286 g/mol. The van der Waals surface area contributed by atoms with E-state index in [1.807, 2.05) is 18.2 Å². The van der Waals surface area contributed by atoms with Crippen molar-refractivity contribution in [2.75, 3.05) is 18.8 Å². The van der Waals surface area contributed by atoms with Crippen molar-refractivity contribution in [3.05, 3.63) is 34.9 Å². The topological polar surface area (TPSA) is 57.6 Å². The first-order valence-corrected chi connectivity index (χ1v) is 7.38. The average molecular weight is 302 g/mol. The molecule has 1 aromatic rings. The zero-order valence-electron chi connectivity index (χ0n) is 10.6. The van der Waals surface area contributed by atoms with Crippen LogP contribution in [-0.2, 0) is 15.3 Å². The van der Waals surface area contributed by atoms with Gasteiger partial charge >= 0.3 is 5.97 Å². The maximum atomic E-state index is 11.8. The van der Waals surface area contributed by atoms with Crippen molar-refractivity contribution in [3.63, 3.8) is 0 Å². The molecule has 0 heterocycles. The smallest absolute Gasteiger partial charge is 0.323 e. The maximum Gasteiger partial charge on any atom is 0.323 e. The van der Waals surface area contributed by atoms with Gasteiger partial charge in [0, 0.05) is 17.3 Å². The molecule has 19 heavy (non-hydrogen) atoms. The Morgan fingerprint density at radius 3 is 2.74 bits per heavy atom. The van der Waals surface area contributed by atoms with Gasteiger partial charge in [-0.15, -0.1) is 11.8 Å². The van der Waals surface area contributed by atoms with E-state index in [1.54, 1.807) is 13.0 Å². The third kappa shape index (κ3) is 5.98. The van der Waals surface area contributed by atoms with E-state index in [0.29, 0.717) is 17.3 Å². The summed E-state index contributed by atoms with van der Waals surface area (Å²) in [6, 6.07) is 7.46. The molecule has 0 fully saturated rings. The number of carbonyl (C=O) groups is 2. The summed E-state index contributed by atoms with van der Waals surface area (Å²) >= 11 is 7.32. The molecule has 1 N–H and O–H groups in total. The van der Waals surface area contributed by atoms with Gasteiger partial charge in [0.05, 0.1) is 5.75 Å². The molecule has 0 radical (unpaired) electrons. The lowest BCUT2D eigenvalue weighted by molar-refractivity contribution is -0.143. The van der Waals surface area contributed by atoms with Crippen LogP contribution < -0.4 is 0 Å². The number of hydrogen-bond acceptors (Lipinski definition) is 3. The number of benzene rings is 1. The lowest BCUT2D eigenvalue weighted by atomic mass is 10.2. The van der Waals surface area contributed by atoms with Gasteiger partial charge < -0.3 is 10.0 Å². The highest BCUT2D eigenvalue weighted by atomic mass is 35.5. The summed E-state index contributed by atoms with van der Waals surface area (Å²) in [6.45, 7) is 1.93. The summed E-state index contributed by atoms with van der Waals surface area (Å²) in [5.41, 5.74) is 1.05. The standard InChI is InChI=1S/C13H16ClNO3S/c1-2-15(7-13(17)18)12(16)9-19-8-10-4-3-5-11(14)6-10/h3-6H,2,7-9H2,1H3,(H,17,18). The molecule has 0 aliphatic heterocycles. The van der Waals surface area contributed by atoms with Gasteiger partial charge in [-0.25, -0.2) is 0 Å². The Hall–Kier alpha value is -1.20. The number of rotatable bonds is 7. The molecule has 0 saturated carbocycles. The Balaban J connectivity index is 2.39. The van der Waals surface area contributed by atoms with Crippen molar-refractivity contribution >= 4 is 35.2 Å². The molecule has 6 heteroatoms. The zero-order chi connectivity index (χ0) is 14.3. The Bertz CT molecular complexity index is 453. The molecule has 104 valence electrons. The number of hydrogen-bond donors (Lipinski definition) is 1. The Kier molecular flexibility index (Phi) is 6.73. The number of carboxylic acid groups (broad SMARTS) is 1. The summed E-state index contributed by atoms with van der Waals surface area (Å²) in [4.78, 5) is 23.7. The lowest BCUT2D eigenvalue weighted by Gasteiger charge is -2.18. The minimum Gasteiger partial charge on any atom is -0.480 e. The highest BCUT2D eigenvalue weighted by Crippen LogP contribution is 2.16. The van der Waals surface area contributed by atoms with Gasteiger partial charge in [-0.05, 0) is 24.6 Å². The number of nitrogens with zero attached hydrogens (tertiary/aromatic N) is 1. The molecule has 0 spiro atoms. The van der Waals surface area contributed by atoms with Crippen molar-refractivity contribution in [2.45, 2.75) is 12.7 Å². The van der Waals surface area contributed by atoms with Crippen LogP contribution in [0, 0.1) is 0 Å². The summed E-state index contributed by atoms with van der Waals surface area (Å²) < 4.78 is 0. The average Bonchev–Trinajstić information content (AvgIpc) is 2.35. The van der Waals surface area contributed by atoms with E-state index in [2.05, 4.69) is 0 Å². The third-order valence-corrected chi connectivity index (χ3v) is 3.67. The van der Waals surface area contributed by atoms with Gasteiger partial charge in [0.2, 0.25) is 5.91 Å². The zero-order valence-corrected chi connectivity index (χ0v) is 12.2. The maximum absolute atomic E-state index is 11.8. The highest BCUT2D eigenvalue weighted by Gasteiger charge is 2.14. The number of carbonyl (C=O) groups excluding carboxylic acids is 1. The fourth-order valence-corrected chi connectivity index (χ4v) is 2.60.